The number of hydrogen-bond acceptors (Lipinski definition) is 2. The minimum atomic E-state index is -0.351. The number of hydrogen-bond donors (Lipinski definition) is 0. The van der Waals surface area contributed by atoms with Gasteiger partial charge in [0.2, 0.25) is 0 Å². The molecule has 0 atom stereocenters. The predicted octanol–water partition coefficient (Wildman–Crippen LogP) is 5.15. The molecule has 0 aliphatic carbocycles. The Bertz CT molecular complexity index is 729. The maximum Gasteiger partial charge on any atom is 0.135 e. The second kappa shape index (κ2) is 6.00. The average Bonchev–Trinajstić information content (AvgIpc) is 2.91. The molecule has 2 nitrogen and oxygen atoms in total. The molecular weight excluding hydrogens is 267 g/mol. The second-order valence-electron chi connectivity index (χ2n) is 5.07. The molecule has 3 aromatic rings. The van der Waals surface area contributed by atoms with Gasteiger partial charge in [0.1, 0.15) is 17.1 Å². The summed E-state index contributed by atoms with van der Waals surface area (Å²) in [5, 5.41) is 1.10. The highest BCUT2D eigenvalue weighted by Crippen LogP contribution is 2.29. The van der Waals surface area contributed by atoms with Gasteiger partial charge < -0.3 is 9.15 Å². The Morgan fingerprint density at radius 3 is 2.62 bits per heavy atom. The number of halogens is 1. The second-order valence-corrected chi connectivity index (χ2v) is 5.07. The molecule has 0 radical (unpaired) electrons. The van der Waals surface area contributed by atoms with Crippen molar-refractivity contribution >= 4 is 11.0 Å². The number of rotatable bonds is 5. The van der Waals surface area contributed by atoms with E-state index >= 15 is 0 Å². The van der Waals surface area contributed by atoms with E-state index in [0.29, 0.717) is 13.0 Å². The van der Waals surface area contributed by atoms with Crippen molar-refractivity contribution in [1.29, 1.82) is 0 Å². The molecule has 0 aliphatic heterocycles. The van der Waals surface area contributed by atoms with Crippen LogP contribution in [-0.4, -0.2) is 13.3 Å². The van der Waals surface area contributed by atoms with E-state index in [1.54, 1.807) is 0 Å². The summed E-state index contributed by atoms with van der Waals surface area (Å²) < 4.78 is 23.3. The molecule has 0 unspecified atom stereocenters. The fourth-order valence-electron chi connectivity index (χ4n) is 2.27. The van der Waals surface area contributed by atoms with Gasteiger partial charge in [-0.3, -0.25) is 4.39 Å². The van der Waals surface area contributed by atoms with Crippen LogP contribution in [0, 0.1) is 6.92 Å². The van der Waals surface area contributed by atoms with E-state index < -0.39 is 0 Å². The van der Waals surface area contributed by atoms with Gasteiger partial charge in [-0.2, -0.15) is 0 Å². The lowest BCUT2D eigenvalue weighted by molar-refractivity contribution is 0.289. The van der Waals surface area contributed by atoms with Gasteiger partial charge in [0.05, 0.1) is 13.3 Å². The summed E-state index contributed by atoms with van der Waals surface area (Å²) in [6.07, 6.45) is 0.421. The molecule has 0 N–H and O–H groups in total. The van der Waals surface area contributed by atoms with Crippen molar-refractivity contribution in [2.45, 2.75) is 13.3 Å². The Morgan fingerprint density at radius 1 is 1.05 bits per heavy atom. The summed E-state index contributed by atoms with van der Waals surface area (Å²) in [5.74, 6) is 1.59. The minimum Gasteiger partial charge on any atom is -0.493 e. The third-order valence-corrected chi connectivity index (χ3v) is 3.36. The predicted molar refractivity (Wildman–Crippen MR) is 82.5 cm³/mol. The van der Waals surface area contributed by atoms with Crippen LogP contribution >= 0.6 is 0 Å². The van der Waals surface area contributed by atoms with Crippen LogP contribution in [0.1, 0.15) is 12.0 Å². The van der Waals surface area contributed by atoms with Crippen molar-refractivity contribution in [3.63, 3.8) is 0 Å². The molecule has 108 valence electrons. The first-order chi connectivity index (χ1) is 10.3. The topological polar surface area (TPSA) is 22.4 Å². The molecule has 0 spiro atoms. The van der Waals surface area contributed by atoms with Crippen molar-refractivity contribution in [2.24, 2.45) is 0 Å². The lowest BCUT2D eigenvalue weighted by Crippen LogP contribution is -1.97. The van der Waals surface area contributed by atoms with E-state index in [1.165, 1.54) is 5.56 Å². The average molecular weight is 284 g/mol. The van der Waals surface area contributed by atoms with E-state index in [1.807, 2.05) is 42.5 Å². The number of furan rings is 1. The Kier molecular flexibility index (Phi) is 3.91. The maximum absolute atomic E-state index is 12.0. The van der Waals surface area contributed by atoms with Crippen molar-refractivity contribution in [1.82, 2.24) is 0 Å². The van der Waals surface area contributed by atoms with Crippen LogP contribution in [0.4, 0.5) is 4.39 Å². The molecule has 0 fully saturated rings. The molecule has 0 amide bonds. The molecule has 3 rings (SSSR count). The van der Waals surface area contributed by atoms with Crippen molar-refractivity contribution in [3.8, 4) is 17.1 Å². The van der Waals surface area contributed by atoms with Crippen LogP contribution in [0.15, 0.2) is 52.9 Å². The molecule has 0 saturated heterocycles. The molecule has 0 bridgehead atoms. The zero-order chi connectivity index (χ0) is 14.7. The number of alkyl halides is 1. The van der Waals surface area contributed by atoms with E-state index in [-0.39, 0.29) is 6.67 Å². The zero-order valence-electron chi connectivity index (χ0n) is 11.9. The Morgan fingerprint density at radius 2 is 1.86 bits per heavy atom. The minimum absolute atomic E-state index is 0.351. The van der Waals surface area contributed by atoms with Crippen molar-refractivity contribution in [3.05, 3.63) is 54.1 Å². The first kappa shape index (κ1) is 13.7. The fraction of sp³-hybridized carbons (Fsp3) is 0.222. The first-order valence-corrected chi connectivity index (χ1v) is 7.06. The largest absolute Gasteiger partial charge is 0.493 e. The highest BCUT2D eigenvalue weighted by Gasteiger charge is 2.06. The van der Waals surface area contributed by atoms with Crippen LogP contribution in [-0.2, 0) is 0 Å². The van der Waals surface area contributed by atoms with E-state index in [0.717, 1.165) is 28.0 Å². The van der Waals surface area contributed by atoms with Gasteiger partial charge in [-0.25, -0.2) is 0 Å². The Balaban J connectivity index is 1.81. The van der Waals surface area contributed by atoms with Gasteiger partial charge in [-0.1, -0.05) is 11.6 Å². The van der Waals surface area contributed by atoms with Crippen LogP contribution in [0.2, 0.25) is 0 Å². The molecule has 2 aromatic carbocycles. The quantitative estimate of drug-likeness (QED) is 0.605. The SMILES string of the molecule is Cc1ccc2oc(-c3ccc(OCCCF)cc3)cc2c1. The van der Waals surface area contributed by atoms with Crippen molar-refractivity contribution < 1.29 is 13.5 Å². The Hall–Kier alpha value is -2.29. The van der Waals surface area contributed by atoms with Crippen LogP contribution in [0.3, 0.4) is 0 Å². The number of fused-ring (bicyclic) bond motifs is 1. The van der Waals surface area contributed by atoms with Gasteiger partial charge in [-0.15, -0.1) is 0 Å². The summed E-state index contributed by atoms with van der Waals surface area (Å²) in [5.41, 5.74) is 3.10. The lowest BCUT2D eigenvalue weighted by atomic mass is 10.1. The summed E-state index contributed by atoms with van der Waals surface area (Å²) >= 11 is 0. The summed E-state index contributed by atoms with van der Waals surface area (Å²) in [7, 11) is 0. The van der Waals surface area contributed by atoms with Crippen molar-refractivity contribution in [2.75, 3.05) is 13.3 Å². The summed E-state index contributed by atoms with van der Waals surface area (Å²) in [6, 6.07) is 15.8. The van der Waals surface area contributed by atoms with E-state index in [2.05, 4.69) is 13.0 Å². The summed E-state index contributed by atoms with van der Waals surface area (Å²) in [6.45, 7) is 2.12. The molecule has 1 aromatic heterocycles. The number of aryl methyl sites for hydroxylation is 1. The van der Waals surface area contributed by atoms with Gasteiger partial charge in [0.25, 0.3) is 0 Å². The molecular formula is C18H17FO2. The normalized spacial score (nSPS) is 11.0. The number of benzene rings is 2. The fourth-order valence-corrected chi connectivity index (χ4v) is 2.27. The van der Waals surface area contributed by atoms with Gasteiger partial charge in [0, 0.05) is 17.4 Å². The smallest absolute Gasteiger partial charge is 0.135 e. The van der Waals surface area contributed by atoms with E-state index in [9.17, 15) is 4.39 Å². The van der Waals surface area contributed by atoms with Crippen LogP contribution in [0.5, 0.6) is 5.75 Å². The highest BCUT2D eigenvalue weighted by molar-refractivity contribution is 5.83. The highest BCUT2D eigenvalue weighted by atomic mass is 19.1. The molecule has 0 aliphatic rings. The summed E-state index contributed by atoms with van der Waals surface area (Å²) in [4.78, 5) is 0. The standard InChI is InChI=1S/C18H17FO2/c1-13-3-8-17-15(11-13)12-18(21-17)14-4-6-16(7-5-14)20-10-2-9-19/h3-8,11-12H,2,9-10H2,1H3. The molecule has 0 saturated carbocycles. The zero-order valence-corrected chi connectivity index (χ0v) is 11.9. The maximum atomic E-state index is 12.0. The van der Waals surface area contributed by atoms with Gasteiger partial charge >= 0.3 is 0 Å². The third kappa shape index (κ3) is 3.07. The lowest BCUT2D eigenvalue weighted by Gasteiger charge is -2.04. The molecule has 3 heteroatoms. The number of ether oxygens (including phenoxy) is 1. The van der Waals surface area contributed by atoms with Crippen LogP contribution in [0.25, 0.3) is 22.3 Å². The monoisotopic (exact) mass is 284 g/mol. The third-order valence-electron chi connectivity index (χ3n) is 3.36. The van der Waals surface area contributed by atoms with Crippen LogP contribution < -0.4 is 4.74 Å². The molecule has 21 heavy (non-hydrogen) atoms. The van der Waals surface area contributed by atoms with E-state index in [4.69, 9.17) is 9.15 Å². The molecule has 1 heterocycles. The first-order valence-electron chi connectivity index (χ1n) is 7.06. The van der Waals surface area contributed by atoms with Gasteiger partial charge in [-0.05, 0) is 49.4 Å². The Labute approximate surface area is 123 Å². The van der Waals surface area contributed by atoms with Gasteiger partial charge in [0.15, 0.2) is 0 Å².